The van der Waals surface area contributed by atoms with Gasteiger partial charge in [0.2, 0.25) is 23.3 Å². The number of hydrogen-bond donors (Lipinski definition) is 0. The predicted molar refractivity (Wildman–Crippen MR) is 88.5 cm³/mol. The molecule has 9 heteroatoms. The molecule has 1 saturated carbocycles. The van der Waals surface area contributed by atoms with Crippen molar-refractivity contribution in [3.8, 4) is 6.07 Å². The van der Waals surface area contributed by atoms with E-state index in [1.54, 1.807) is 12.3 Å². The molecule has 0 unspecified atom stereocenters. The van der Waals surface area contributed by atoms with E-state index in [9.17, 15) is 15.4 Å². The molecule has 0 aromatic carbocycles. The number of oxazole rings is 1. The number of pyridine rings is 1. The van der Waals surface area contributed by atoms with Crippen LogP contribution in [0, 0.1) is 21.4 Å². The number of nitriles is 1. The van der Waals surface area contributed by atoms with Crippen molar-refractivity contribution in [2.24, 2.45) is 0 Å². The second-order valence-electron chi connectivity index (χ2n) is 6.17. The number of aromatic nitrogens is 2. The highest BCUT2D eigenvalue weighted by Gasteiger charge is 2.33. The Balaban J connectivity index is 1.51. The van der Waals surface area contributed by atoms with E-state index >= 15 is 0 Å². The van der Waals surface area contributed by atoms with E-state index in [2.05, 4.69) is 16.0 Å². The molecule has 1 saturated heterocycles. The minimum Gasteiger partial charge on any atom is -0.423 e. The van der Waals surface area contributed by atoms with Crippen LogP contribution in [0.1, 0.15) is 30.3 Å². The number of nitrogens with zero attached hydrogens (tertiary/aromatic N) is 6. The zero-order chi connectivity index (χ0) is 17.4. The van der Waals surface area contributed by atoms with Gasteiger partial charge in [0.05, 0.1) is 4.92 Å². The van der Waals surface area contributed by atoms with Gasteiger partial charge in [0.1, 0.15) is 6.07 Å². The summed E-state index contributed by atoms with van der Waals surface area (Å²) in [6.07, 6.45) is 3.67. The van der Waals surface area contributed by atoms with E-state index in [0.29, 0.717) is 55.4 Å². The first-order chi connectivity index (χ1) is 12.2. The third-order valence-electron chi connectivity index (χ3n) is 4.49. The van der Waals surface area contributed by atoms with E-state index < -0.39 is 4.92 Å². The van der Waals surface area contributed by atoms with E-state index in [4.69, 9.17) is 4.42 Å². The molecule has 128 valence electrons. The molecular formula is C16H16N6O3. The van der Waals surface area contributed by atoms with Crippen LogP contribution in [0.25, 0.3) is 0 Å². The molecule has 2 aromatic rings. The summed E-state index contributed by atoms with van der Waals surface area (Å²) in [5.41, 5.74) is 0.323. The Morgan fingerprint density at radius 2 is 2.00 bits per heavy atom. The molecule has 4 rings (SSSR count). The van der Waals surface area contributed by atoms with Crippen LogP contribution in [-0.4, -0.2) is 41.1 Å². The third kappa shape index (κ3) is 2.87. The minimum atomic E-state index is -0.416. The maximum atomic E-state index is 11.2. The molecule has 0 radical (unpaired) electrons. The predicted octanol–water partition coefficient (Wildman–Crippen LogP) is 2.05. The maximum absolute atomic E-state index is 11.2. The van der Waals surface area contributed by atoms with E-state index in [1.165, 1.54) is 6.07 Å². The molecule has 1 aliphatic carbocycles. The summed E-state index contributed by atoms with van der Waals surface area (Å²) in [5, 5.41) is 20.5. The number of piperazine rings is 1. The van der Waals surface area contributed by atoms with Crippen LogP contribution in [0.15, 0.2) is 22.7 Å². The van der Waals surface area contributed by atoms with Crippen molar-refractivity contribution >= 4 is 17.4 Å². The molecule has 3 heterocycles. The van der Waals surface area contributed by atoms with Crippen molar-refractivity contribution in [2.75, 3.05) is 36.0 Å². The first-order valence-corrected chi connectivity index (χ1v) is 8.17. The van der Waals surface area contributed by atoms with Gasteiger partial charge in [0, 0.05) is 44.4 Å². The average Bonchev–Trinajstić information content (AvgIpc) is 3.41. The SMILES string of the molecule is N#Cc1nc(C2CC2)oc1N1CCN(c2ncccc2[N+](=O)[O-])CC1. The molecule has 0 amide bonds. The van der Waals surface area contributed by atoms with Crippen LogP contribution in [0.2, 0.25) is 0 Å². The normalized spacial score (nSPS) is 17.4. The topological polar surface area (TPSA) is 112 Å². The van der Waals surface area contributed by atoms with Gasteiger partial charge in [-0.3, -0.25) is 10.1 Å². The monoisotopic (exact) mass is 340 g/mol. The molecule has 0 spiro atoms. The van der Waals surface area contributed by atoms with Gasteiger partial charge in [-0.05, 0) is 18.9 Å². The molecule has 25 heavy (non-hydrogen) atoms. The molecule has 1 aliphatic heterocycles. The summed E-state index contributed by atoms with van der Waals surface area (Å²) < 4.78 is 5.82. The second-order valence-corrected chi connectivity index (χ2v) is 6.17. The van der Waals surface area contributed by atoms with Crippen molar-refractivity contribution in [2.45, 2.75) is 18.8 Å². The van der Waals surface area contributed by atoms with Crippen molar-refractivity contribution < 1.29 is 9.34 Å². The minimum absolute atomic E-state index is 0.00403. The Kier molecular flexibility index (Phi) is 3.72. The Labute approximate surface area is 143 Å². The Hall–Kier alpha value is -3.15. The lowest BCUT2D eigenvalue weighted by atomic mass is 10.2. The van der Waals surface area contributed by atoms with Crippen molar-refractivity contribution in [3.05, 3.63) is 40.0 Å². The maximum Gasteiger partial charge on any atom is 0.311 e. The standard InChI is InChI=1S/C16H16N6O3/c17-10-12-16(25-15(19-12)11-3-4-11)21-8-6-20(7-9-21)14-13(22(23)24)2-1-5-18-14/h1-2,5,11H,3-4,6-9H2. The lowest BCUT2D eigenvalue weighted by molar-refractivity contribution is -0.384. The summed E-state index contributed by atoms with van der Waals surface area (Å²) in [6.45, 7) is 2.29. The van der Waals surface area contributed by atoms with Gasteiger partial charge in [0.15, 0.2) is 0 Å². The van der Waals surface area contributed by atoms with Crippen molar-refractivity contribution in [1.82, 2.24) is 9.97 Å². The summed E-state index contributed by atoms with van der Waals surface area (Å²) in [5.74, 6) is 1.89. The molecule has 0 N–H and O–H groups in total. The molecule has 2 aromatic heterocycles. The fraction of sp³-hybridized carbons (Fsp3) is 0.438. The number of rotatable bonds is 4. The van der Waals surface area contributed by atoms with Gasteiger partial charge in [-0.1, -0.05) is 0 Å². The van der Waals surface area contributed by atoms with Crippen LogP contribution in [0.3, 0.4) is 0 Å². The molecule has 2 fully saturated rings. The Bertz CT molecular complexity index is 846. The molecule has 0 bridgehead atoms. The van der Waals surface area contributed by atoms with Crippen molar-refractivity contribution in [1.29, 1.82) is 5.26 Å². The number of nitro groups is 1. The van der Waals surface area contributed by atoms with Crippen LogP contribution in [0.5, 0.6) is 0 Å². The average molecular weight is 340 g/mol. The highest BCUT2D eigenvalue weighted by atomic mass is 16.6. The second kappa shape index (κ2) is 6.05. The molecule has 0 atom stereocenters. The first-order valence-electron chi connectivity index (χ1n) is 8.17. The highest BCUT2D eigenvalue weighted by molar-refractivity contribution is 5.59. The molecular weight excluding hydrogens is 324 g/mol. The quantitative estimate of drug-likeness (QED) is 0.614. The zero-order valence-electron chi connectivity index (χ0n) is 13.5. The zero-order valence-corrected chi connectivity index (χ0v) is 13.5. The highest BCUT2D eigenvalue weighted by Crippen LogP contribution is 2.41. The smallest absolute Gasteiger partial charge is 0.311 e. The summed E-state index contributed by atoms with van der Waals surface area (Å²) in [7, 11) is 0. The summed E-state index contributed by atoms with van der Waals surface area (Å²) in [6, 6.07) is 5.12. The van der Waals surface area contributed by atoms with Gasteiger partial charge in [-0.2, -0.15) is 5.26 Å². The van der Waals surface area contributed by atoms with Crippen LogP contribution >= 0.6 is 0 Å². The summed E-state index contributed by atoms with van der Waals surface area (Å²) in [4.78, 5) is 23.1. The van der Waals surface area contributed by atoms with Crippen LogP contribution in [0.4, 0.5) is 17.4 Å². The van der Waals surface area contributed by atoms with E-state index in [1.807, 2.05) is 9.80 Å². The van der Waals surface area contributed by atoms with Crippen molar-refractivity contribution in [3.63, 3.8) is 0 Å². The summed E-state index contributed by atoms with van der Waals surface area (Å²) >= 11 is 0. The molecule has 9 nitrogen and oxygen atoms in total. The van der Waals surface area contributed by atoms with E-state index in [0.717, 1.165) is 12.8 Å². The van der Waals surface area contributed by atoms with Gasteiger partial charge in [-0.15, -0.1) is 0 Å². The Morgan fingerprint density at radius 3 is 2.64 bits per heavy atom. The van der Waals surface area contributed by atoms with Gasteiger partial charge >= 0.3 is 5.69 Å². The Morgan fingerprint density at radius 1 is 1.28 bits per heavy atom. The number of anilines is 2. The number of hydrogen-bond acceptors (Lipinski definition) is 8. The third-order valence-corrected chi connectivity index (χ3v) is 4.49. The van der Waals surface area contributed by atoms with Crippen LogP contribution in [-0.2, 0) is 0 Å². The van der Waals surface area contributed by atoms with Crippen LogP contribution < -0.4 is 9.80 Å². The van der Waals surface area contributed by atoms with E-state index in [-0.39, 0.29) is 5.69 Å². The van der Waals surface area contributed by atoms with Gasteiger partial charge in [-0.25, -0.2) is 9.97 Å². The lowest BCUT2D eigenvalue weighted by Gasteiger charge is -2.34. The largest absolute Gasteiger partial charge is 0.423 e. The fourth-order valence-electron chi connectivity index (χ4n) is 3.02. The lowest BCUT2D eigenvalue weighted by Crippen LogP contribution is -2.47. The van der Waals surface area contributed by atoms with Gasteiger partial charge < -0.3 is 14.2 Å². The fourth-order valence-corrected chi connectivity index (χ4v) is 3.02. The van der Waals surface area contributed by atoms with Gasteiger partial charge in [0.25, 0.3) is 0 Å². The first kappa shape index (κ1) is 15.4. The molecule has 2 aliphatic rings.